The molecule has 0 spiro atoms. The third-order valence-corrected chi connectivity index (χ3v) is 4.07. The highest BCUT2D eigenvalue weighted by atomic mass is 19.1. The number of benzene rings is 3. The maximum Gasteiger partial charge on any atom is 0.337 e. The van der Waals surface area contributed by atoms with Crippen LogP contribution >= 0.6 is 0 Å². The van der Waals surface area contributed by atoms with Gasteiger partial charge in [-0.05, 0) is 42.0 Å². The number of hydrogen-bond acceptors (Lipinski definition) is 5. The molecule has 6 nitrogen and oxygen atoms in total. The van der Waals surface area contributed by atoms with E-state index in [0.29, 0.717) is 22.7 Å². The highest BCUT2D eigenvalue weighted by molar-refractivity contribution is 5.94. The van der Waals surface area contributed by atoms with Crippen molar-refractivity contribution in [3.05, 3.63) is 89.2 Å². The number of rotatable bonds is 8. The molecule has 0 fully saturated rings. The number of aromatic carboxylic acids is 1. The fraction of sp³-hybridized carbons (Fsp3) is 0.0909. The maximum absolute atomic E-state index is 13.1. The molecule has 0 bridgehead atoms. The largest absolute Gasteiger partial charge is 0.493 e. The second-order valence-electron chi connectivity index (χ2n) is 6.01. The van der Waals surface area contributed by atoms with Crippen LogP contribution in [0.25, 0.3) is 0 Å². The normalized spacial score (nSPS) is 10.7. The first kappa shape index (κ1) is 19.9. The van der Waals surface area contributed by atoms with Gasteiger partial charge in [-0.15, -0.1) is 0 Å². The monoisotopic (exact) mass is 394 g/mol. The minimum atomic E-state index is -1.05. The number of para-hydroxylation sites is 2. The predicted molar refractivity (Wildman–Crippen MR) is 108 cm³/mol. The van der Waals surface area contributed by atoms with Crippen LogP contribution < -0.4 is 14.9 Å². The summed E-state index contributed by atoms with van der Waals surface area (Å²) in [5.41, 5.74) is 4.65. The Balaban J connectivity index is 1.79. The molecule has 3 aromatic rings. The molecule has 0 aliphatic heterocycles. The van der Waals surface area contributed by atoms with Crippen LogP contribution in [0.2, 0.25) is 0 Å². The van der Waals surface area contributed by atoms with E-state index in [2.05, 4.69) is 10.5 Å². The fourth-order valence-corrected chi connectivity index (χ4v) is 2.62. The molecule has 7 heteroatoms. The molecule has 2 N–H and O–H groups in total. The van der Waals surface area contributed by atoms with Gasteiger partial charge in [0.2, 0.25) is 0 Å². The second-order valence-corrected chi connectivity index (χ2v) is 6.01. The fourth-order valence-electron chi connectivity index (χ4n) is 2.62. The van der Waals surface area contributed by atoms with Crippen molar-refractivity contribution in [3.8, 4) is 11.5 Å². The standard InChI is InChI=1S/C22H19FN2O4/c1-28-20-8-4-5-16(21(20)29-14-15-9-11-17(23)12-10-15)13-24-25-19-7-3-2-6-18(19)22(26)27/h2-13,25H,14H2,1H3,(H,26,27)/b24-13+. The molecule has 0 amide bonds. The van der Waals surface area contributed by atoms with Crippen molar-refractivity contribution in [2.24, 2.45) is 5.10 Å². The molecule has 0 saturated heterocycles. The molecule has 29 heavy (non-hydrogen) atoms. The number of nitrogens with zero attached hydrogens (tertiary/aromatic N) is 1. The Morgan fingerprint density at radius 3 is 2.59 bits per heavy atom. The summed E-state index contributed by atoms with van der Waals surface area (Å²) in [6, 6.07) is 17.8. The van der Waals surface area contributed by atoms with Crippen molar-refractivity contribution < 1.29 is 23.8 Å². The summed E-state index contributed by atoms with van der Waals surface area (Å²) in [7, 11) is 1.53. The summed E-state index contributed by atoms with van der Waals surface area (Å²) in [4.78, 5) is 11.3. The molecule has 3 aromatic carbocycles. The number of carbonyl (C=O) groups is 1. The lowest BCUT2D eigenvalue weighted by atomic mass is 10.2. The Labute approximate surface area is 167 Å². The van der Waals surface area contributed by atoms with E-state index in [9.17, 15) is 14.3 Å². The van der Waals surface area contributed by atoms with Crippen LogP contribution in [0.3, 0.4) is 0 Å². The number of hydrazone groups is 1. The highest BCUT2D eigenvalue weighted by Crippen LogP contribution is 2.31. The van der Waals surface area contributed by atoms with Crippen LogP contribution in [0.1, 0.15) is 21.5 Å². The van der Waals surface area contributed by atoms with Gasteiger partial charge in [-0.25, -0.2) is 9.18 Å². The van der Waals surface area contributed by atoms with E-state index in [1.807, 2.05) is 0 Å². The average molecular weight is 394 g/mol. The average Bonchev–Trinajstić information content (AvgIpc) is 2.74. The summed E-state index contributed by atoms with van der Waals surface area (Å²) in [5, 5.41) is 13.4. The molecular formula is C22H19FN2O4. The molecule has 0 aliphatic rings. The first-order valence-electron chi connectivity index (χ1n) is 8.74. The van der Waals surface area contributed by atoms with Crippen LogP contribution in [0.4, 0.5) is 10.1 Å². The molecule has 0 saturated carbocycles. The Morgan fingerprint density at radius 1 is 1.10 bits per heavy atom. The lowest BCUT2D eigenvalue weighted by Gasteiger charge is -2.13. The minimum Gasteiger partial charge on any atom is -0.493 e. The lowest BCUT2D eigenvalue weighted by Crippen LogP contribution is -2.03. The second kappa shape index (κ2) is 9.36. The van der Waals surface area contributed by atoms with Gasteiger partial charge >= 0.3 is 5.97 Å². The van der Waals surface area contributed by atoms with Crippen molar-refractivity contribution >= 4 is 17.9 Å². The van der Waals surface area contributed by atoms with E-state index in [1.54, 1.807) is 48.5 Å². The molecule has 148 valence electrons. The van der Waals surface area contributed by atoms with Crippen LogP contribution in [-0.4, -0.2) is 24.4 Å². The van der Waals surface area contributed by atoms with Gasteiger partial charge in [0.25, 0.3) is 0 Å². The van der Waals surface area contributed by atoms with Gasteiger partial charge in [0, 0.05) is 5.56 Å². The van der Waals surface area contributed by atoms with E-state index in [0.717, 1.165) is 5.56 Å². The number of halogens is 1. The molecule has 3 rings (SSSR count). The number of anilines is 1. The van der Waals surface area contributed by atoms with Gasteiger partial charge in [-0.2, -0.15) is 5.10 Å². The van der Waals surface area contributed by atoms with E-state index in [-0.39, 0.29) is 18.0 Å². The Bertz CT molecular complexity index is 1020. The quantitative estimate of drug-likeness (QED) is 0.433. The number of ether oxygens (including phenoxy) is 2. The zero-order chi connectivity index (χ0) is 20.6. The lowest BCUT2D eigenvalue weighted by molar-refractivity contribution is 0.0698. The molecule has 0 aliphatic carbocycles. The van der Waals surface area contributed by atoms with E-state index < -0.39 is 5.97 Å². The molecule has 0 radical (unpaired) electrons. The first-order chi connectivity index (χ1) is 14.1. The summed E-state index contributed by atoms with van der Waals surface area (Å²) < 4.78 is 24.3. The highest BCUT2D eigenvalue weighted by Gasteiger charge is 2.11. The van der Waals surface area contributed by atoms with Gasteiger partial charge in [0.15, 0.2) is 11.5 Å². The topological polar surface area (TPSA) is 80.2 Å². The number of hydrogen-bond donors (Lipinski definition) is 2. The van der Waals surface area contributed by atoms with Crippen molar-refractivity contribution in [1.29, 1.82) is 0 Å². The summed E-state index contributed by atoms with van der Waals surface area (Å²) in [5.74, 6) is -0.377. The Morgan fingerprint density at radius 2 is 1.86 bits per heavy atom. The summed E-state index contributed by atoms with van der Waals surface area (Å²) in [6.07, 6.45) is 1.52. The predicted octanol–water partition coefficient (Wildman–Crippen LogP) is 4.56. The third-order valence-electron chi connectivity index (χ3n) is 4.07. The zero-order valence-corrected chi connectivity index (χ0v) is 15.6. The Hall–Kier alpha value is -3.87. The Kier molecular flexibility index (Phi) is 6.42. The van der Waals surface area contributed by atoms with Crippen molar-refractivity contribution in [2.75, 3.05) is 12.5 Å². The zero-order valence-electron chi connectivity index (χ0n) is 15.6. The number of carboxylic acids is 1. The number of carboxylic acid groups (broad SMARTS) is 1. The maximum atomic E-state index is 13.1. The van der Waals surface area contributed by atoms with Crippen LogP contribution in [-0.2, 0) is 6.61 Å². The summed E-state index contributed by atoms with van der Waals surface area (Å²) in [6.45, 7) is 0.219. The van der Waals surface area contributed by atoms with Crippen LogP contribution in [0.15, 0.2) is 71.8 Å². The molecular weight excluding hydrogens is 375 g/mol. The van der Waals surface area contributed by atoms with Gasteiger partial charge in [-0.1, -0.05) is 30.3 Å². The van der Waals surface area contributed by atoms with Crippen molar-refractivity contribution in [2.45, 2.75) is 6.61 Å². The van der Waals surface area contributed by atoms with E-state index >= 15 is 0 Å². The van der Waals surface area contributed by atoms with Crippen molar-refractivity contribution in [1.82, 2.24) is 0 Å². The molecule has 0 unspecified atom stereocenters. The first-order valence-corrected chi connectivity index (χ1v) is 8.74. The SMILES string of the molecule is COc1cccc(/C=N/Nc2ccccc2C(=O)O)c1OCc1ccc(F)cc1. The molecule has 0 atom stereocenters. The van der Waals surface area contributed by atoms with E-state index in [4.69, 9.17) is 9.47 Å². The third kappa shape index (κ3) is 5.10. The minimum absolute atomic E-state index is 0.114. The molecule has 0 heterocycles. The smallest absolute Gasteiger partial charge is 0.337 e. The van der Waals surface area contributed by atoms with Crippen molar-refractivity contribution in [3.63, 3.8) is 0 Å². The number of methoxy groups -OCH3 is 1. The van der Waals surface area contributed by atoms with Gasteiger partial charge in [0.05, 0.1) is 24.6 Å². The van der Waals surface area contributed by atoms with Crippen LogP contribution in [0, 0.1) is 5.82 Å². The van der Waals surface area contributed by atoms with Gasteiger partial charge in [-0.3, -0.25) is 5.43 Å². The van der Waals surface area contributed by atoms with Crippen LogP contribution in [0.5, 0.6) is 11.5 Å². The van der Waals surface area contributed by atoms with E-state index in [1.165, 1.54) is 31.5 Å². The molecule has 0 aromatic heterocycles. The van der Waals surface area contributed by atoms with Gasteiger partial charge in [0.1, 0.15) is 12.4 Å². The summed E-state index contributed by atoms with van der Waals surface area (Å²) >= 11 is 0. The van der Waals surface area contributed by atoms with Gasteiger partial charge < -0.3 is 14.6 Å². The number of nitrogens with one attached hydrogen (secondary N) is 1.